The number of nitrogens with one attached hydrogen (secondary N) is 1. The first-order valence-electron chi connectivity index (χ1n) is 9.78. The molecule has 1 aliphatic heterocycles. The topological polar surface area (TPSA) is 54.7 Å². The number of fused-ring (bicyclic) bond motifs is 1. The number of hydrogen-bond acceptors (Lipinski definition) is 3. The van der Waals surface area contributed by atoms with E-state index in [9.17, 15) is 0 Å². The van der Waals surface area contributed by atoms with E-state index in [0.29, 0.717) is 5.92 Å². The van der Waals surface area contributed by atoms with Gasteiger partial charge in [0.05, 0.1) is 24.5 Å². The van der Waals surface area contributed by atoms with Crippen LogP contribution in [0.25, 0.3) is 11.0 Å². The second-order valence-electron chi connectivity index (χ2n) is 7.11. The summed E-state index contributed by atoms with van der Waals surface area (Å²) in [6.07, 6.45) is 3.05. The summed E-state index contributed by atoms with van der Waals surface area (Å²) in [5.41, 5.74) is 3.57. The van der Waals surface area contributed by atoms with Gasteiger partial charge in [-0.25, -0.2) is 4.98 Å². The monoisotopic (exact) mass is 377 g/mol. The van der Waals surface area contributed by atoms with Crippen molar-refractivity contribution in [1.82, 2.24) is 19.8 Å². The summed E-state index contributed by atoms with van der Waals surface area (Å²) in [4.78, 5) is 11.3. The first-order valence-corrected chi connectivity index (χ1v) is 9.78. The normalized spacial score (nSPS) is 17.3. The molecule has 4 rings (SSSR count). The highest BCUT2D eigenvalue weighted by Crippen LogP contribution is 2.28. The van der Waals surface area contributed by atoms with Gasteiger partial charge in [0.1, 0.15) is 5.75 Å². The molecule has 1 aromatic heterocycles. The number of likely N-dealkylation sites (tertiary alicyclic amines) is 1. The first-order chi connectivity index (χ1) is 13.8. The van der Waals surface area contributed by atoms with Crippen molar-refractivity contribution < 1.29 is 4.74 Å². The average Bonchev–Trinajstić information content (AvgIpc) is 3.39. The molecule has 0 spiro atoms. The highest BCUT2D eigenvalue weighted by molar-refractivity contribution is 5.80. The SMILES string of the molecule is CN=C(NCCn1cnc2ccccc21)N1CCC(c2ccc(OC)cc2)C1. The smallest absolute Gasteiger partial charge is 0.193 e. The third-order valence-electron chi connectivity index (χ3n) is 5.45. The highest BCUT2D eigenvalue weighted by Gasteiger charge is 2.26. The van der Waals surface area contributed by atoms with E-state index >= 15 is 0 Å². The van der Waals surface area contributed by atoms with Gasteiger partial charge in [-0.05, 0) is 36.2 Å². The number of para-hydroxylation sites is 2. The van der Waals surface area contributed by atoms with E-state index in [0.717, 1.165) is 49.8 Å². The zero-order chi connectivity index (χ0) is 19.3. The van der Waals surface area contributed by atoms with E-state index in [-0.39, 0.29) is 0 Å². The van der Waals surface area contributed by atoms with Gasteiger partial charge in [0.15, 0.2) is 5.96 Å². The molecule has 146 valence electrons. The molecule has 1 atom stereocenters. The molecule has 1 unspecified atom stereocenters. The molecule has 0 bridgehead atoms. The Labute approximate surface area is 165 Å². The molecule has 6 heteroatoms. The fourth-order valence-electron chi connectivity index (χ4n) is 3.91. The molecule has 1 fully saturated rings. The average molecular weight is 377 g/mol. The van der Waals surface area contributed by atoms with Gasteiger partial charge in [0.2, 0.25) is 0 Å². The molecule has 2 heterocycles. The number of guanidine groups is 1. The van der Waals surface area contributed by atoms with Crippen molar-refractivity contribution in [3.05, 3.63) is 60.4 Å². The quantitative estimate of drug-likeness (QED) is 0.548. The van der Waals surface area contributed by atoms with Crippen LogP contribution in [-0.4, -0.2) is 54.2 Å². The number of rotatable bonds is 5. The van der Waals surface area contributed by atoms with Crippen molar-refractivity contribution in [2.24, 2.45) is 4.99 Å². The largest absolute Gasteiger partial charge is 0.497 e. The van der Waals surface area contributed by atoms with Crippen LogP contribution in [0.5, 0.6) is 5.75 Å². The van der Waals surface area contributed by atoms with Crippen LogP contribution in [0.15, 0.2) is 59.9 Å². The Hall–Kier alpha value is -3.02. The Kier molecular flexibility index (Phi) is 5.46. The summed E-state index contributed by atoms with van der Waals surface area (Å²) < 4.78 is 7.44. The fraction of sp³-hybridized carbons (Fsp3) is 0.364. The number of imidazole rings is 1. The molecule has 1 saturated heterocycles. The molecule has 1 aliphatic rings. The summed E-state index contributed by atoms with van der Waals surface area (Å²) in [6.45, 7) is 3.68. The summed E-state index contributed by atoms with van der Waals surface area (Å²) in [5, 5.41) is 3.51. The Balaban J connectivity index is 1.33. The second kappa shape index (κ2) is 8.33. The predicted octanol–water partition coefficient (Wildman–Crippen LogP) is 3.11. The van der Waals surface area contributed by atoms with Crippen molar-refractivity contribution in [2.45, 2.75) is 18.9 Å². The number of methoxy groups -OCH3 is 1. The Bertz CT molecular complexity index is 947. The number of hydrogen-bond donors (Lipinski definition) is 1. The molecule has 0 saturated carbocycles. The second-order valence-corrected chi connectivity index (χ2v) is 7.11. The minimum Gasteiger partial charge on any atom is -0.497 e. The maximum Gasteiger partial charge on any atom is 0.193 e. The molecule has 0 radical (unpaired) electrons. The van der Waals surface area contributed by atoms with E-state index in [2.05, 4.69) is 49.0 Å². The zero-order valence-corrected chi connectivity index (χ0v) is 16.5. The lowest BCUT2D eigenvalue weighted by Gasteiger charge is -2.22. The molecule has 28 heavy (non-hydrogen) atoms. The lowest BCUT2D eigenvalue weighted by molar-refractivity contribution is 0.414. The van der Waals surface area contributed by atoms with Crippen LogP contribution in [0.3, 0.4) is 0 Å². The van der Waals surface area contributed by atoms with Crippen LogP contribution in [0.2, 0.25) is 0 Å². The standard InChI is InChI=1S/C22H27N5O/c1-23-22(24-12-14-27-16-25-20-5-3-4-6-21(20)27)26-13-11-18(15-26)17-7-9-19(28-2)10-8-17/h3-10,16,18H,11-15H2,1-2H3,(H,23,24). The highest BCUT2D eigenvalue weighted by atomic mass is 16.5. The van der Waals surface area contributed by atoms with Crippen LogP contribution in [0.4, 0.5) is 0 Å². The van der Waals surface area contributed by atoms with Gasteiger partial charge in [-0.15, -0.1) is 0 Å². The van der Waals surface area contributed by atoms with Gasteiger partial charge < -0.3 is 19.5 Å². The molecule has 1 N–H and O–H groups in total. The number of aliphatic imine (C=N–C) groups is 1. The Morgan fingerprint density at radius 2 is 2.04 bits per heavy atom. The van der Waals surface area contributed by atoms with Crippen molar-refractivity contribution >= 4 is 17.0 Å². The van der Waals surface area contributed by atoms with Crippen LogP contribution >= 0.6 is 0 Å². The van der Waals surface area contributed by atoms with Gasteiger partial charge in [-0.3, -0.25) is 4.99 Å². The molecule has 2 aromatic carbocycles. The summed E-state index contributed by atoms with van der Waals surface area (Å²) >= 11 is 0. The molecule has 0 amide bonds. The molecular formula is C22H27N5O. The number of benzene rings is 2. The third-order valence-corrected chi connectivity index (χ3v) is 5.45. The van der Waals surface area contributed by atoms with Crippen LogP contribution in [0, 0.1) is 0 Å². The summed E-state index contributed by atoms with van der Waals surface area (Å²) in [5.74, 6) is 2.41. The Morgan fingerprint density at radius 1 is 1.21 bits per heavy atom. The summed E-state index contributed by atoms with van der Waals surface area (Å²) in [6, 6.07) is 16.7. The van der Waals surface area contributed by atoms with E-state index in [4.69, 9.17) is 4.74 Å². The Morgan fingerprint density at radius 3 is 2.82 bits per heavy atom. The number of aromatic nitrogens is 2. The van der Waals surface area contributed by atoms with Crippen molar-refractivity contribution in [1.29, 1.82) is 0 Å². The fourth-order valence-corrected chi connectivity index (χ4v) is 3.91. The zero-order valence-electron chi connectivity index (χ0n) is 16.5. The van der Waals surface area contributed by atoms with Gasteiger partial charge in [0, 0.05) is 39.1 Å². The summed E-state index contributed by atoms with van der Waals surface area (Å²) in [7, 11) is 3.56. The van der Waals surface area contributed by atoms with Crippen molar-refractivity contribution in [3.8, 4) is 5.75 Å². The van der Waals surface area contributed by atoms with Crippen molar-refractivity contribution in [2.75, 3.05) is 33.8 Å². The molecule has 0 aliphatic carbocycles. The minimum absolute atomic E-state index is 0.530. The third kappa shape index (κ3) is 3.81. The van der Waals surface area contributed by atoms with E-state index in [1.807, 2.05) is 37.6 Å². The van der Waals surface area contributed by atoms with Crippen LogP contribution in [0.1, 0.15) is 17.9 Å². The maximum atomic E-state index is 5.26. The predicted molar refractivity (Wildman–Crippen MR) is 113 cm³/mol. The van der Waals surface area contributed by atoms with Crippen LogP contribution in [-0.2, 0) is 6.54 Å². The van der Waals surface area contributed by atoms with Gasteiger partial charge in [0.25, 0.3) is 0 Å². The first kappa shape index (κ1) is 18.3. The minimum atomic E-state index is 0.530. The number of ether oxygens (including phenoxy) is 1. The molecule has 3 aromatic rings. The van der Waals surface area contributed by atoms with Gasteiger partial charge in [-0.2, -0.15) is 0 Å². The van der Waals surface area contributed by atoms with Crippen LogP contribution < -0.4 is 10.1 Å². The van der Waals surface area contributed by atoms with Crippen molar-refractivity contribution in [3.63, 3.8) is 0 Å². The van der Waals surface area contributed by atoms with Gasteiger partial charge in [-0.1, -0.05) is 24.3 Å². The molecule has 6 nitrogen and oxygen atoms in total. The van der Waals surface area contributed by atoms with E-state index in [1.165, 1.54) is 11.1 Å². The van der Waals surface area contributed by atoms with Gasteiger partial charge >= 0.3 is 0 Å². The lowest BCUT2D eigenvalue weighted by Crippen LogP contribution is -2.41. The maximum absolute atomic E-state index is 5.26. The van der Waals surface area contributed by atoms with E-state index < -0.39 is 0 Å². The lowest BCUT2D eigenvalue weighted by atomic mass is 9.98. The molecular weight excluding hydrogens is 350 g/mol. The van der Waals surface area contributed by atoms with E-state index in [1.54, 1.807) is 7.11 Å². The number of nitrogens with zero attached hydrogens (tertiary/aromatic N) is 4.